The van der Waals surface area contributed by atoms with Gasteiger partial charge in [0.15, 0.2) is 0 Å². The highest BCUT2D eigenvalue weighted by Gasteiger charge is 2.14. The van der Waals surface area contributed by atoms with Gasteiger partial charge in [0.2, 0.25) is 0 Å². The van der Waals surface area contributed by atoms with Gasteiger partial charge in [-0.05, 0) is 13.3 Å². The molecule has 0 fully saturated rings. The molecule has 106 valence electrons. The summed E-state index contributed by atoms with van der Waals surface area (Å²) < 4.78 is 0. The molecule has 0 atom stereocenters. The van der Waals surface area contributed by atoms with Crippen molar-refractivity contribution in [1.82, 2.24) is 9.97 Å². The molecular formula is C14H22N2O3. The summed E-state index contributed by atoms with van der Waals surface area (Å²) in [6, 6.07) is 0. The van der Waals surface area contributed by atoms with Gasteiger partial charge in [-0.25, -0.2) is 9.78 Å². The van der Waals surface area contributed by atoms with Crippen molar-refractivity contribution in [2.75, 3.05) is 0 Å². The Labute approximate surface area is 113 Å². The standard InChI is InChI=1S/C14H22N2O3/c1-3-4-5-6-7-8-9-11-15-10(2)12(14(18)19)13(17)16-11/h3-9H2,1-2H3,(H,18,19)(H,15,16,17). The predicted molar refractivity (Wildman–Crippen MR) is 73.6 cm³/mol. The van der Waals surface area contributed by atoms with Crippen LogP contribution in [0.3, 0.4) is 0 Å². The third-order valence-electron chi connectivity index (χ3n) is 3.13. The molecule has 0 unspecified atom stereocenters. The summed E-state index contributed by atoms with van der Waals surface area (Å²) in [5.41, 5.74) is -0.523. The molecule has 0 aliphatic rings. The van der Waals surface area contributed by atoms with Gasteiger partial charge in [0.1, 0.15) is 11.4 Å². The number of rotatable bonds is 8. The lowest BCUT2D eigenvalue weighted by Gasteiger charge is -2.04. The van der Waals surface area contributed by atoms with E-state index < -0.39 is 11.5 Å². The van der Waals surface area contributed by atoms with Crippen LogP contribution >= 0.6 is 0 Å². The minimum Gasteiger partial charge on any atom is -0.477 e. The minimum absolute atomic E-state index is 0.258. The van der Waals surface area contributed by atoms with Crippen LogP contribution in [0.15, 0.2) is 4.79 Å². The number of nitrogens with one attached hydrogen (secondary N) is 1. The molecule has 0 aliphatic heterocycles. The van der Waals surface area contributed by atoms with Crippen LogP contribution in [0.5, 0.6) is 0 Å². The average molecular weight is 266 g/mol. The number of hydrogen-bond acceptors (Lipinski definition) is 3. The molecule has 5 heteroatoms. The number of hydrogen-bond donors (Lipinski definition) is 2. The molecule has 0 amide bonds. The lowest BCUT2D eigenvalue weighted by molar-refractivity contribution is 0.0693. The molecule has 1 aromatic rings. The van der Waals surface area contributed by atoms with Crippen LogP contribution < -0.4 is 5.56 Å². The van der Waals surface area contributed by atoms with Crippen LogP contribution in [-0.2, 0) is 6.42 Å². The topological polar surface area (TPSA) is 83.0 Å². The Kier molecular flexibility index (Phi) is 6.25. The van der Waals surface area contributed by atoms with Crippen LogP contribution in [0, 0.1) is 6.92 Å². The first kappa shape index (κ1) is 15.4. The molecule has 1 rings (SSSR count). The largest absolute Gasteiger partial charge is 0.477 e. The summed E-state index contributed by atoms with van der Waals surface area (Å²) >= 11 is 0. The number of unbranched alkanes of at least 4 members (excludes halogenated alkanes) is 5. The second-order valence-corrected chi connectivity index (χ2v) is 4.80. The van der Waals surface area contributed by atoms with Crippen molar-refractivity contribution in [2.45, 2.75) is 58.8 Å². The maximum atomic E-state index is 11.6. The molecule has 0 saturated heterocycles. The molecule has 5 nitrogen and oxygen atoms in total. The summed E-state index contributed by atoms with van der Waals surface area (Å²) in [4.78, 5) is 29.2. The summed E-state index contributed by atoms with van der Waals surface area (Å²) in [5, 5.41) is 8.87. The molecule has 0 radical (unpaired) electrons. The first-order valence-corrected chi connectivity index (χ1v) is 6.89. The SMILES string of the molecule is CCCCCCCCc1nc(C)c(C(=O)O)c(=O)[nH]1. The normalized spacial score (nSPS) is 10.6. The smallest absolute Gasteiger partial charge is 0.343 e. The van der Waals surface area contributed by atoms with Crippen molar-refractivity contribution < 1.29 is 9.90 Å². The van der Waals surface area contributed by atoms with Crippen LogP contribution in [0.1, 0.15) is 67.3 Å². The van der Waals surface area contributed by atoms with Gasteiger partial charge in [0.25, 0.3) is 5.56 Å². The van der Waals surface area contributed by atoms with Crippen LogP contribution in [-0.4, -0.2) is 21.0 Å². The van der Waals surface area contributed by atoms with Gasteiger partial charge < -0.3 is 10.1 Å². The Bertz CT molecular complexity index is 480. The Morgan fingerprint density at radius 3 is 2.42 bits per heavy atom. The molecule has 0 spiro atoms. The van der Waals surface area contributed by atoms with E-state index in [-0.39, 0.29) is 11.3 Å². The van der Waals surface area contributed by atoms with E-state index in [1.165, 1.54) is 25.7 Å². The number of aromatic amines is 1. The van der Waals surface area contributed by atoms with E-state index in [1.54, 1.807) is 6.92 Å². The Hall–Kier alpha value is -1.65. The second-order valence-electron chi connectivity index (χ2n) is 4.80. The van der Waals surface area contributed by atoms with Gasteiger partial charge in [-0.2, -0.15) is 0 Å². The summed E-state index contributed by atoms with van der Waals surface area (Å²) in [6.07, 6.45) is 7.72. The number of nitrogens with zero attached hydrogens (tertiary/aromatic N) is 1. The fourth-order valence-electron chi connectivity index (χ4n) is 2.09. The van der Waals surface area contributed by atoms with Gasteiger partial charge in [-0.3, -0.25) is 4.79 Å². The molecule has 0 aromatic carbocycles. The number of carboxylic acids is 1. The van der Waals surface area contributed by atoms with E-state index in [1.807, 2.05) is 0 Å². The zero-order valence-corrected chi connectivity index (χ0v) is 11.7. The lowest BCUT2D eigenvalue weighted by atomic mass is 10.1. The van der Waals surface area contributed by atoms with Crippen LogP contribution in [0.25, 0.3) is 0 Å². The number of aryl methyl sites for hydroxylation is 2. The van der Waals surface area contributed by atoms with Crippen molar-refractivity contribution in [3.05, 3.63) is 27.4 Å². The quantitative estimate of drug-likeness (QED) is 0.709. The van der Waals surface area contributed by atoms with E-state index in [9.17, 15) is 9.59 Å². The Morgan fingerprint density at radius 1 is 1.21 bits per heavy atom. The molecule has 1 heterocycles. The number of aromatic carboxylic acids is 1. The van der Waals surface area contributed by atoms with Gasteiger partial charge >= 0.3 is 5.97 Å². The zero-order valence-electron chi connectivity index (χ0n) is 11.7. The lowest BCUT2D eigenvalue weighted by Crippen LogP contribution is -2.22. The number of H-pyrrole nitrogens is 1. The van der Waals surface area contributed by atoms with Crippen molar-refractivity contribution in [3.8, 4) is 0 Å². The summed E-state index contributed by atoms with van der Waals surface area (Å²) in [6.45, 7) is 3.74. The number of carboxylic acid groups (broad SMARTS) is 1. The highest BCUT2D eigenvalue weighted by atomic mass is 16.4. The maximum absolute atomic E-state index is 11.6. The first-order valence-electron chi connectivity index (χ1n) is 6.89. The zero-order chi connectivity index (χ0) is 14.3. The van der Waals surface area contributed by atoms with E-state index in [0.717, 1.165) is 12.8 Å². The van der Waals surface area contributed by atoms with Crippen molar-refractivity contribution in [1.29, 1.82) is 0 Å². The van der Waals surface area contributed by atoms with Gasteiger partial charge in [0.05, 0.1) is 5.69 Å². The fourth-order valence-corrected chi connectivity index (χ4v) is 2.09. The molecule has 0 saturated carbocycles. The molecule has 1 aromatic heterocycles. The predicted octanol–water partition coefficient (Wildman–Crippen LogP) is 2.68. The van der Waals surface area contributed by atoms with Gasteiger partial charge in [-0.15, -0.1) is 0 Å². The van der Waals surface area contributed by atoms with E-state index in [2.05, 4.69) is 16.9 Å². The van der Waals surface area contributed by atoms with Crippen LogP contribution in [0.4, 0.5) is 0 Å². The molecule has 2 N–H and O–H groups in total. The molecule has 0 bridgehead atoms. The minimum atomic E-state index is -1.22. The van der Waals surface area contributed by atoms with E-state index >= 15 is 0 Å². The monoisotopic (exact) mass is 266 g/mol. The second kappa shape index (κ2) is 7.71. The molecule has 19 heavy (non-hydrogen) atoms. The Morgan fingerprint density at radius 2 is 1.84 bits per heavy atom. The fraction of sp³-hybridized carbons (Fsp3) is 0.643. The number of aromatic nitrogens is 2. The highest BCUT2D eigenvalue weighted by molar-refractivity contribution is 5.88. The van der Waals surface area contributed by atoms with Gasteiger partial charge in [0, 0.05) is 6.42 Å². The maximum Gasteiger partial charge on any atom is 0.343 e. The van der Waals surface area contributed by atoms with E-state index in [4.69, 9.17) is 5.11 Å². The van der Waals surface area contributed by atoms with Gasteiger partial charge in [-0.1, -0.05) is 39.0 Å². The highest BCUT2D eigenvalue weighted by Crippen LogP contribution is 2.08. The molecule has 0 aliphatic carbocycles. The van der Waals surface area contributed by atoms with E-state index in [0.29, 0.717) is 12.2 Å². The van der Waals surface area contributed by atoms with Crippen molar-refractivity contribution >= 4 is 5.97 Å². The molecular weight excluding hydrogens is 244 g/mol. The first-order chi connectivity index (χ1) is 9.06. The van der Waals surface area contributed by atoms with Crippen LogP contribution in [0.2, 0.25) is 0 Å². The van der Waals surface area contributed by atoms with Crippen molar-refractivity contribution in [3.63, 3.8) is 0 Å². The third kappa shape index (κ3) is 4.85. The van der Waals surface area contributed by atoms with Crippen molar-refractivity contribution in [2.24, 2.45) is 0 Å². The Balaban J connectivity index is 2.52. The third-order valence-corrected chi connectivity index (χ3v) is 3.13. The summed E-state index contributed by atoms with van der Waals surface area (Å²) in [7, 11) is 0. The average Bonchev–Trinajstić information content (AvgIpc) is 2.32. The summed E-state index contributed by atoms with van der Waals surface area (Å²) in [5.74, 6) is -0.639. The number of carbonyl (C=O) groups is 1.